The molecule has 0 saturated carbocycles. The van der Waals surface area contributed by atoms with E-state index in [-0.39, 0.29) is 11.7 Å². The van der Waals surface area contributed by atoms with Crippen molar-refractivity contribution in [3.05, 3.63) is 60.3 Å². The summed E-state index contributed by atoms with van der Waals surface area (Å²) in [5.41, 5.74) is 1.78. The van der Waals surface area contributed by atoms with Crippen molar-refractivity contribution in [1.82, 2.24) is 25.1 Å². The zero-order chi connectivity index (χ0) is 25.6. The minimum absolute atomic E-state index is 0.0378. The van der Waals surface area contributed by atoms with Gasteiger partial charge in [0.15, 0.2) is 0 Å². The Balaban J connectivity index is 1.18. The molecule has 0 spiro atoms. The van der Waals surface area contributed by atoms with E-state index in [9.17, 15) is 9.59 Å². The van der Waals surface area contributed by atoms with Crippen molar-refractivity contribution in [2.45, 2.75) is 36.7 Å². The highest BCUT2D eigenvalue weighted by Crippen LogP contribution is 2.34. The monoisotopic (exact) mass is 521 g/mol. The van der Waals surface area contributed by atoms with E-state index in [1.54, 1.807) is 22.8 Å². The van der Waals surface area contributed by atoms with Crippen molar-refractivity contribution >= 4 is 35.1 Å². The Hall–Kier alpha value is -3.44. The number of benzene rings is 1. The van der Waals surface area contributed by atoms with E-state index in [0.29, 0.717) is 18.2 Å². The van der Waals surface area contributed by atoms with E-state index >= 15 is 0 Å². The highest BCUT2D eigenvalue weighted by molar-refractivity contribution is 7.99. The van der Waals surface area contributed by atoms with Crippen LogP contribution in [0.15, 0.2) is 53.8 Å². The van der Waals surface area contributed by atoms with Gasteiger partial charge < -0.3 is 20.3 Å². The molecule has 0 radical (unpaired) electrons. The fourth-order valence-corrected chi connectivity index (χ4v) is 5.61. The lowest BCUT2D eigenvalue weighted by Gasteiger charge is -2.22. The number of hydrogen-bond acceptors (Lipinski definition) is 8. The molecule has 0 unspecified atom stereocenters. The number of thioether (sulfide) groups is 1. The zero-order valence-electron chi connectivity index (χ0n) is 20.8. The van der Waals surface area contributed by atoms with Gasteiger partial charge in [0.05, 0.1) is 18.4 Å². The molecule has 11 heteroatoms. The number of pyridine rings is 1. The molecule has 0 bridgehead atoms. The maximum absolute atomic E-state index is 13.2. The number of carbonyl (C=O) groups excluding carboxylic acids is 2. The van der Waals surface area contributed by atoms with Crippen LogP contribution in [0.4, 0.5) is 11.5 Å². The van der Waals surface area contributed by atoms with Gasteiger partial charge in [0.1, 0.15) is 18.2 Å². The number of rotatable bonds is 8. The number of nitrogens with one attached hydrogen (secondary N) is 2. The lowest BCUT2D eigenvalue weighted by molar-refractivity contribution is -0.119. The molecule has 1 aromatic carbocycles. The van der Waals surface area contributed by atoms with Gasteiger partial charge in [-0.15, -0.1) is 16.9 Å². The van der Waals surface area contributed by atoms with Crippen molar-refractivity contribution in [3.8, 4) is 0 Å². The normalized spacial score (nSPS) is 18.2. The lowest BCUT2D eigenvalue weighted by atomic mass is 9.97. The number of hydrogen-bond donors (Lipinski definition) is 2. The van der Waals surface area contributed by atoms with Crippen molar-refractivity contribution in [1.29, 1.82) is 0 Å². The maximum Gasteiger partial charge on any atom is 0.291 e. The van der Waals surface area contributed by atoms with Crippen LogP contribution < -0.4 is 15.5 Å². The molecule has 0 aliphatic carbocycles. The SMILES string of the molecule is CN1C(=O)[C@@H](NC(=O)c2ncn(Cc3ccccc3)n2)CSc2cc(NCCC3CCOCC3)ncc21. The predicted octanol–water partition coefficient (Wildman–Crippen LogP) is 2.82. The third-order valence-electron chi connectivity index (χ3n) is 6.67. The first kappa shape index (κ1) is 25.2. The Morgan fingerprint density at radius 3 is 2.81 bits per heavy atom. The van der Waals surface area contributed by atoms with Crippen LogP contribution in [0.25, 0.3) is 0 Å². The van der Waals surface area contributed by atoms with E-state index in [2.05, 4.69) is 25.7 Å². The summed E-state index contributed by atoms with van der Waals surface area (Å²) >= 11 is 1.53. The molecule has 2 aromatic heterocycles. The third kappa shape index (κ3) is 6.28. The second-order valence-corrected chi connectivity index (χ2v) is 10.4. The Kier molecular flexibility index (Phi) is 8.00. The fourth-order valence-electron chi connectivity index (χ4n) is 4.50. The molecule has 2 amide bonds. The molecule has 2 aliphatic heterocycles. The molecule has 10 nitrogen and oxygen atoms in total. The molecular weight excluding hydrogens is 490 g/mol. The average molecular weight is 522 g/mol. The smallest absolute Gasteiger partial charge is 0.291 e. The molecule has 1 saturated heterocycles. The molecule has 1 fully saturated rings. The number of amides is 2. The minimum atomic E-state index is -0.707. The first-order valence-electron chi connectivity index (χ1n) is 12.5. The summed E-state index contributed by atoms with van der Waals surface area (Å²) in [7, 11) is 1.71. The number of carbonyl (C=O) groups is 2. The van der Waals surface area contributed by atoms with Gasteiger partial charge in [-0.05, 0) is 36.8 Å². The number of fused-ring (bicyclic) bond motifs is 1. The van der Waals surface area contributed by atoms with Crippen LogP contribution in [-0.2, 0) is 16.1 Å². The fraction of sp³-hybridized carbons (Fsp3) is 0.423. The van der Waals surface area contributed by atoms with Crippen LogP contribution >= 0.6 is 11.8 Å². The number of aromatic nitrogens is 4. The standard InChI is InChI=1S/C26H31N7O3S/c1-32-21-14-28-23(27-10-7-18-8-11-36-12-9-18)13-22(21)37-16-20(26(32)35)30-25(34)24-29-17-33(31-24)15-19-5-3-2-4-6-19/h2-6,13-14,17-18,20H,7-12,15-16H2,1H3,(H,27,28)(H,30,34)/t20-/m0/s1. The minimum Gasteiger partial charge on any atom is -0.381 e. The van der Waals surface area contributed by atoms with Gasteiger partial charge in [-0.25, -0.2) is 14.6 Å². The first-order chi connectivity index (χ1) is 18.1. The maximum atomic E-state index is 13.2. The predicted molar refractivity (Wildman–Crippen MR) is 142 cm³/mol. The molecular formula is C26H31N7O3S. The van der Waals surface area contributed by atoms with Gasteiger partial charge in [0.2, 0.25) is 11.7 Å². The molecule has 2 N–H and O–H groups in total. The second kappa shape index (κ2) is 11.7. The molecule has 37 heavy (non-hydrogen) atoms. The number of nitrogens with zero attached hydrogens (tertiary/aromatic N) is 5. The quantitative estimate of drug-likeness (QED) is 0.465. The van der Waals surface area contributed by atoms with Crippen LogP contribution in [0.5, 0.6) is 0 Å². The number of ether oxygens (including phenoxy) is 1. The molecule has 3 aromatic rings. The van der Waals surface area contributed by atoms with Crippen molar-refractivity contribution in [2.75, 3.05) is 42.8 Å². The Labute approximate surface area is 220 Å². The van der Waals surface area contributed by atoms with Crippen LogP contribution in [0.3, 0.4) is 0 Å². The van der Waals surface area contributed by atoms with Gasteiger partial charge in [-0.3, -0.25) is 9.59 Å². The van der Waals surface area contributed by atoms with E-state index in [1.807, 2.05) is 36.4 Å². The highest BCUT2D eigenvalue weighted by Gasteiger charge is 2.31. The Morgan fingerprint density at radius 2 is 2.00 bits per heavy atom. The van der Waals surface area contributed by atoms with Gasteiger partial charge >= 0.3 is 0 Å². The summed E-state index contributed by atoms with van der Waals surface area (Å²) in [5.74, 6) is 1.23. The summed E-state index contributed by atoms with van der Waals surface area (Å²) in [4.78, 5) is 37.2. The summed E-state index contributed by atoms with van der Waals surface area (Å²) in [6, 6.07) is 11.1. The van der Waals surface area contributed by atoms with Crippen molar-refractivity contribution < 1.29 is 14.3 Å². The molecule has 2 aliphatic rings. The lowest BCUT2D eigenvalue weighted by Crippen LogP contribution is -2.48. The number of likely N-dealkylation sites (N-methyl/N-ethyl adjacent to an activating group) is 1. The van der Waals surface area contributed by atoms with Crippen molar-refractivity contribution in [3.63, 3.8) is 0 Å². The van der Waals surface area contributed by atoms with Gasteiger partial charge in [-0.2, -0.15) is 0 Å². The summed E-state index contributed by atoms with van der Waals surface area (Å²) in [6.07, 6.45) is 6.54. The molecule has 4 heterocycles. The summed E-state index contributed by atoms with van der Waals surface area (Å²) in [5, 5.41) is 10.5. The van der Waals surface area contributed by atoms with Crippen LogP contribution in [0, 0.1) is 5.92 Å². The van der Waals surface area contributed by atoms with E-state index < -0.39 is 11.9 Å². The molecule has 1 atom stereocenters. The Morgan fingerprint density at radius 1 is 1.19 bits per heavy atom. The molecule has 194 valence electrons. The van der Waals surface area contributed by atoms with E-state index in [1.165, 1.54) is 18.1 Å². The van der Waals surface area contributed by atoms with Gasteiger partial charge in [-0.1, -0.05) is 30.3 Å². The first-order valence-corrected chi connectivity index (χ1v) is 13.5. The zero-order valence-corrected chi connectivity index (χ0v) is 21.6. The summed E-state index contributed by atoms with van der Waals surface area (Å²) < 4.78 is 7.05. The topological polar surface area (TPSA) is 114 Å². The second-order valence-electron chi connectivity index (χ2n) is 9.29. The van der Waals surface area contributed by atoms with E-state index in [0.717, 1.165) is 61.0 Å². The van der Waals surface area contributed by atoms with Gasteiger partial charge in [0.25, 0.3) is 5.91 Å². The van der Waals surface area contributed by atoms with Gasteiger partial charge in [0, 0.05) is 37.5 Å². The Bertz CT molecular complexity index is 1230. The largest absolute Gasteiger partial charge is 0.381 e. The summed E-state index contributed by atoms with van der Waals surface area (Å²) in [6.45, 7) is 3.05. The number of anilines is 2. The van der Waals surface area contributed by atoms with Crippen LogP contribution in [0.1, 0.15) is 35.4 Å². The van der Waals surface area contributed by atoms with Crippen LogP contribution in [0.2, 0.25) is 0 Å². The van der Waals surface area contributed by atoms with Crippen molar-refractivity contribution in [2.24, 2.45) is 5.92 Å². The van der Waals surface area contributed by atoms with E-state index in [4.69, 9.17) is 4.74 Å². The molecule has 5 rings (SSSR count). The third-order valence-corrected chi connectivity index (χ3v) is 7.81. The van der Waals surface area contributed by atoms with Crippen LogP contribution in [-0.4, -0.2) is 70.2 Å². The highest BCUT2D eigenvalue weighted by atomic mass is 32.2. The average Bonchev–Trinajstić information content (AvgIpc) is 3.36.